The Morgan fingerprint density at radius 3 is 2.20 bits per heavy atom. The molecule has 0 fully saturated rings. The largest absolute Gasteiger partial charge is 0.389 e. The molecule has 3 nitrogen and oxygen atoms in total. The van der Waals surface area contributed by atoms with Gasteiger partial charge in [-0.2, -0.15) is 0 Å². The number of hydrogen-bond acceptors (Lipinski definition) is 3. The second-order valence-corrected chi connectivity index (χ2v) is 5.66. The Labute approximate surface area is 94.2 Å². The lowest BCUT2D eigenvalue weighted by atomic mass is 9.88. The summed E-state index contributed by atoms with van der Waals surface area (Å²) in [5.74, 6) is 0. The van der Waals surface area contributed by atoms with Crippen LogP contribution < -0.4 is 5.32 Å². The molecule has 3 heteroatoms. The van der Waals surface area contributed by atoms with Crippen LogP contribution in [0.3, 0.4) is 0 Å². The highest BCUT2D eigenvalue weighted by Gasteiger charge is 2.25. The molecule has 0 aliphatic carbocycles. The predicted molar refractivity (Wildman–Crippen MR) is 64.0 cm³/mol. The molecule has 1 atom stereocenters. The first kappa shape index (κ1) is 14.9. The smallest absolute Gasteiger partial charge is 0.0741 e. The molecule has 0 aliphatic heterocycles. The molecule has 0 aliphatic rings. The number of ether oxygens (including phenoxy) is 1. The molecule has 0 spiro atoms. The van der Waals surface area contributed by atoms with Crippen LogP contribution in [0.1, 0.15) is 41.0 Å². The van der Waals surface area contributed by atoms with E-state index >= 15 is 0 Å². The molecular weight excluding hydrogens is 190 g/mol. The van der Waals surface area contributed by atoms with Gasteiger partial charge in [-0.15, -0.1) is 0 Å². The fourth-order valence-electron chi connectivity index (χ4n) is 1.15. The van der Waals surface area contributed by atoms with Gasteiger partial charge in [0.25, 0.3) is 0 Å². The number of rotatable bonds is 7. The first-order valence-electron chi connectivity index (χ1n) is 5.64. The van der Waals surface area contributed by atoms with E-state index < -0.39 is 5.60 Å². The van der Waals surface area contributed by atoms with E-state index in [-0.39, 0.29) is 11.5 Å². The van der Waals surface area contributed by atoms with Crippen LogP contribution in [0.2, 0.25) is 0 Å². The van der Waals surface area contributed by atoms with Crippen molar-refractivity contribution in [2.45, 2.75) is 52.7 Å². The van der Waals surface area contributed by atoms with Gasteiger partial charge < -0.3 is 15.2 Å². The molecule has 0 bridgehead atoms. The van der Waals surface area contributed by atoms with E-state index in [2.05, 4.69) is 19.2 Å². The van der Waals surface area contributed by atoms with Crippen LogP contribution in [0.25, 0.3) is 0 Å². The molecule has 0 aromatic heterocycles. The Kier molecular flexibility index (Phi) is 5.78. The standard InChI is InChI=1S/C12H27NO2/c1-10(12(4,5)14)13-9-11(2,3)7-8-15-6/h10,13-14H,7-9H2,1-6H3. The lowest BCUT2D eigenvalue weighted by Crippen LogP contribution is -2.47. The highest BCUT2D eigenvalue weighted by atomic mass is 16.5. The van der Waals surface area contributed by atoms with Gasteiger partial charge in [-0.3, -0.25) is 0 Å². The normalized spacial score (nSPS) is 15.4. The zero-order valence-corrected chi connectivity index (χ0v) is 11.1. The third-order valence-electron chi connectivity index (χ3n) is 2.93. The minimum Gasteiger partial charge on any atom is -0.389 e. The van der Waals surface area contributed by atoms with E-state index in [1.165, 1.54) is 0 Å². The molecule has 15 heavy (non-hydrogen) atoms. The first-order chi connectivity index (χ1) is 6.69. The Balaban J connectivity index is 3.92. The number of nitrogens with one attached hydrogen (secondary N) is 1. The van der Waals surface area contributed by atoms with Crippen LogP contribution in [-0.2, 0) is 4.74 Å². The van der Waals surface area contributed by atoms with Gasteiger partial charge in [-0.1, -0.05) is 13.8 Å². The summed E-state index contributed by atoms with van der Waals surface area (Å²) in [7, 11) is 1.73. The van der Waals surface area contributed by atoms with Gasteiger partial charge in [0.15, 0.2) is 0 Å². The molecule has 0 rings (SSSR count). The second kappa shape index (κ2) is 5.83. The van der Waals surface area contributed by atoms with E-state index in [0.29, 0.717) is 0 Å². The number of methoxy groups -OCH3 is 1. The molecule has 0 heterocycles. The summed E-state index contributed by atoms with van der Waals surface area (Å²) < 4.78 is 5.07. The van der Waals surface area contributed by atoms with Gasteiger partial charge in [0.1, 0.15) is 0 Å². The average Bonchev–Trinajstić information content (AvgIpc) is 2.09. The maximum absolute atomic E-state index is 9.77. The Morgan fingerprint density at radius 1 is 1.27 bits per heavy atom. The van der Waals surface area contributed by atoms with Crippen LogP contribution in [0.5, 0.6) is 0 Å². The first-order valence-corrected chi connectivity index (χ1v) is 5.64. The summed E-state index contributed by atoms with van der Waals surface area (Å²) in [6, 6.07) is 0.0966. The Hall–Kier alpha value is -0.120. The molecule has 2 N–H and O–H groups in total. The van der Waals surface area contributed by atoms with Crippen molar-refractivity contribution >= 4 is 0 Å². The van der Waals surface area contributed by atoms with Gasteiger partial charge in [0.05, 0.1) is 5.60 Å². The fraction of sp³-hybridized carbons (Fsp3) is 1.00. The van der Waals surface area contributed by atoms with E-state index in [1.54, 1.807) is 7.11 Å². The van der Waals surface area contributed by atoms with Crippen LogP contribution in [-0.4, -0.2) is 37.0 Å². The third kappa shape index (κ3) is 6.88. The molecule has 0 saturated heterocycles. The molecular formula is C12H27NO2. The van der Waals surface area contributed by atoms with E-state index in [0.717, 1.165) is 19.6 Å². The van der Waals surface area contributed by atoms with Crippen molar-refractivity contribution in [2.24, 2.45) is 5.41 Å². The maximum atomic E-state index is 9.77. The monoisotopic (exact) mass is 217 g/mol. The summed E-state index contributed by atoms with van der Waals surface area (Å²) >= 11 is 0. The molecule has 0 amide bonds. The van der Waals surface area contributed by atoms with Crippen molar-refractivity contribution in [3.8, 4) is 0 Å². The summed E-state index contributed by atoms with van der Waals surface area (Å²) in [5, 5.41) is 13.1. The van der Waals surface area contributed by atoms with E-state index in [9.17, 15) is 5.11 Å². The van der Waals surface area contributed by atoms with Crippen LogP contribution in [0.4, 0.5) is 0 Å². The quantitative estimate of drug-likeness (QED) is 0.683. The summed E-state index contributed by atoms with van der Waals surface area (Å²) in [4.78, 5) is 0. The van der Waals surface area contributed by atoms with E-state index in [4.69, 9.17) is 4.74 Å². The average molecular weight is 217 g/mol. The molecule has 0 aromatic rings. The van der Waals surface area contributed by atoms with Crippen molar-refractivity contribution in [2.75, 3.05) is 20.3 Å². The Bertz CT molecular complexity index is 173. The topological polar surface area (TPSA) is 41.5 Å². The van der Waals surface area contributed by atoms with Crippen molar-refractivity contribution in [3.63, 3.8) is 0 Å². The minimum atomic E-state index is -0.669. The maximum Gasteiger partial charge on any atom is 0.0741 e. The summed E-state index contributed by atoms with van der Waals surface area (Å²) in [6.07, 6.45) is 1.02. The zero-order valence-electron chi connectivity index (χ0n) is 11.1. The summed E-state index contributed by atoms with van der Waals surface area (Å²) in [5.41, 5.74) is -0.465. The lowest BCUT2D eigenvalue weighted by Gasteiger charge is -2.32. The second-order valence-electron chi connectivity index (χ2n) is 5.66. The number of aliphatic hydroxyl groups is 1. The molecule has 92 valence electrons. The highest BCUT2D eigenvalue weighted by Crippen LogP contribution is 2.20. The van der Waals surface area contributed by atoms with Gasteiger partial charge in [-0.25, -0.2) is 0 Å². The molecule has 0 aromatic carbocycles. The van der Waals surface area contributed by atoms with Gasteiger partial charge in [0.2, 0.25) is 0 Å². The van der Waals surface area contributed by atoms with Crippen molar-refractivity contribution in [1.82, 2.24) is 5.32 Å². The van der Waals surface area contributed by atoms with Crippen LogP contribution >= 0.6 is 0 Å². The van der Waals surface area contributed by atoms with E-state index in [1.807, 2.05) is 20.8 Å². The van der Waals surface area contributed by atoms with Crippen LogP contribution in [0, 0.1) is 5.41 Å². The predicted octanol–water partition coefficient (Wildman–Crippen LogP) is 1.80. The zero-order chi connectivity index (χ0) is 12.1. The molecule has 0 saturated carbocycles. The van der Waals surface area contributed by atoms with Crippen LogP contribution in [0.15, 0.2) is 0 Å². The fourth-order valence-corrected chi connectivity index (χ4v) is 1.15. The van der Waals surface area contributed by atoms with Crippen molar-refractivity contribution in [1.29, 1.82) is 0 Å². The van der Waals surface area contributed by atoms with Gasteiger partial charge in [0, 0.05) is 26.3 Å². The molecule has 0 radical (unpaired) electrons. The highest BCUT2D eigenvalue weighted by molar-refractivity contribution is 4.82. The lowest BCUT2D eigenvalue weighted by molar-refractivity contribution is 0.0391. The van der Waals surface area contributed by atoms with Crippen molar-refractivity contribution < 1.29 is 9.84 Å². The van der Waals surface area contributed by atoms with Crippen molar-refractivity contribution in [3.05, 3.63) is 0 Å². The summed E-state index contributed by atoms with van der Waals surface area (Å²) in [6.45, 7) is 11.7. The third-order valence-corrected chi connectivity index (χ3v) is 2.93. The Morgan fingerprint density at radius 2 is 1.80 bits per heavy atom. The van der Waals surface area contributed by atoms with Gasteiger partial charge >= 0.3 is 0 Å². The minimum absolute atomic E-state index is 0.0966. The number of hydrogen-bond donors (Lipinski definition) is 2. The SMILES string of the molecule is COCCC(C)(C)CNC(C)C(C)(C)O. The van der Waals surface area contributed by atoms with Gasteiger partial charge in [-0.05, 0) is 32.6 Å². The molecule has 1 unspecified atom stereocenters.